The third-order valence-corrected chi connectivity index (χ3v) is 3.03. The van der Waals surface area contributed by atoms with Crippen LogP contribution < -0.4 is 15.4 Å². The maximum Gasteiger partial charge on any atom is 0.118 e. The number of nitrogens with two attached hydrogens (primary N) is 1. The fraction of sp³-hybridized carbons (Fsp3) is 0.267. The number of aromatic nitrogens is 1. The highest BCUT2D eigenvalue weighted by Crippen LogP contribution is 2.17. The minimum absolute atomic E-state index is 0.463. The highest BCUT2D eigenvalue weighted by molar-refractivity contribution is 5.46. The number of hydrogen-bond acceptors (Lipinski definition) is 4. The number of rotatable bonds is 5. The van der Waals surface area contributed by atoms with Crippen molar-refractivity contribution in [2.24, 2.45) is 5.73 Å². The molecule has 4 nitrogen and oxygen atoms in total. The van der Waals surface area contributed by atoms with Crippen LogP contribution in [-0.4, -0.2) is 19.1 Å². The molecule has 2 aromatic rings. The van der Waals surface area contributed by atoms with Crippen molar-refractivity contribution >= 4 is 5.69 Å². The lowest BCUT2D eigenvalue weighted by molar-refractivity contribution is 0.414. The Morgan fingerprint density at radius 3 is 2.58 bits per heavy atom. The van der Waals surface area contributed by atoms with E-state index >= 15 is 0 Å². The summed E-state index contributed by atoms with van der Waals surface area (Å²) in [6.07, 6.45) is 1.79. The van der Waals surface area contributed by atoms with Gasteiger partial charge in [-0.05, 0) is 29.8 Å². The van der Waals surface area contributed by atoms with Gasteiger partial charge in [-0.2, -0.15) is 0 Å². The number of ether oxygens (including phenoxy) is 1. The summed E-state index contributed by atoms with van der Waals surface area (Å²) in [5.41, 5.74) is 8.86. The number of benzene rings is 1. The fourth-order valence-electron chi connectivity index (χ4n) is 1.91. The topological polar surface area (TPSA) is 51.4 Å². The second kappa shape index (κ2) is 6.20. The predicted octanol–water partition coefficient (Wildman–Crippen LogP) is 2.19. The molecule has 0 atom stereocenters. The molecule has 0 bridgehead atoms. The van der Waals surface area contributed by atoms with Gasteiger partial charge >= 0.3 is 0 Å². The zero-order valence-corrected chi connectivity index (χ0v) is 11.3. The summed E-state index contributed by atoms with van der Waals surface area (Å²) >= 11 is 0. The van der Waals surface area contributed by atoms with Crippen molar-refractivity contribution in [1.29, 1.82) is 0 Å². The molecule has 1 heterocycles. The molecule has 0 saturated carbocycles. The monoisotopic (exact) mass is 257 g/mol. The summed E-state index contributed by atoms with van der Waals surface area (Å²) in [5, 5.41) is 0. The van der Waals surface area contributed by atoms with Crippen molar-refractivity contribution < 1.29 is 4.74 Å². The summed E-state index contributed by atoms with van der Waals surface area (Å²) in [7, 11) is 3.73. The second-order valence-corrected chi connectivity index (χ2v) is 4.41. The van der Waals surface area contributed by atoms with Crippen molar-refractivity contribution in [3.05, 3.63) is 53.9 Å². The summed E-state index contributed by atoms with van der Waals surface area (Å²) in [5.74, 6) is 0.876. The van der Waals surface area contributed by atoms with E-state index in [2.05, 4.69) is 29.1 Å². The zero-order chi connectivity index (χ0) is 13.7. The van der Waals surface area contributed by atoms with Crippen LogP contribution in [0.4, 0.5) is 5.69 Å². The van der Waals surface area contributed by atoms with E-state index in [1.807, 2.05) is 24.3 Å². The van der Waals surface area contributed by atoms with Gasteiger partial charge in [-0.3, -0.25) is 4.98 Å². The van der Waals surface area contributed by atoms with Gasteiger partial charge in [-0.25, -0.2) is 0 Å². The fourth-order valence-corrected chi connectivity index (χ4v) is 1.91. The first-order chi connectivity index (χ1) is 9.22. The molecule has 0 saturated heterocycles. The van der Waals surface area contributed by atoms with Gasteiger partial charge in [0, 0.05) is 32.0 Å². The van der Waals surface area contributed by atoms with Crippen molar-refractivity contribution in [3.63, 3.8) is 0 Å². The molecule has 0 radical (unpaired) electrons. The molecule has 4 heteroatoms. The lowest BCUT2D eigenvalue weighted by Gasteiger charge is -2.20. The third-order valence-electron chi connectivity index (χ3n) is 3.03. The van der Waals surface area contributed by atoms with Crippen LogP contribution in [0.25, 0.3) is 0 Å². The Labute approximate surface area is 113 Å². The van der Waals surface area contributed by atoms with E-state index in [1.54, 1.807) is 13.3 Å². The van der Waals surface area contributed by atoms with Crippen molar-refractivity contribution in [2.75, 3.05) is 19.1 Å². The van der Waals surface area contributed by atoms with Gasteiger partial charge in [0.15, 0.2) is 0 Å². The van der Waals surface area contributed by atoms with Crippen molar-refractivity contribution in [1.82, 2.24) is 4.98 Å². The normalized spacial score (nSPS) is 10.3. The molecule has 100 valence electrons. The number of hydrogen-bond donors (Lipinski definition) is 1. The predicted molar refractivity (Wildman–Crippen MR) is 77.2 cm³/mol. The van der Waals surface area contributed by atoms with Gasteiger partial charge in [0.05, 0.1) is 12.8 Å². The van der Waals surface area contributed by atoms with E-state index in [1.165, 1.54) is 5.56 Å². The molecule has 0 amide bonds. The van der Waals surface area contributed by atoms with Crippen LogP contribution in [-0.2, 0) is 13.1 Å². The SMILES string of the molecule is COc1ccc(CN(C)c2ccnc(CN)c2)cc1. The highest BCUT2D eigenvalue weighted by Gasteiger charge is 2.03. The Morgan fingerprint density at radius 1 is 1.21 bits per heavy atom. The van der Waals surface area contributed by atoms with Crippen LogP contribution in [0.15, 0.2) is 42.6 Å². The molecule has 0 fully saturated rings. The molecule has 2 N–H and O–H groups in total. The van der Waals surface area contributed by atoms with Crippen LogP contribution in [0.1, 0.15) is 11.3 Å². The first-order valence-electron chi connectivity index (χ1n) is 6.22. The highest BCUT2D eigenvalue weighted by atomic mass is 16.5. The van der Waals surface area contributed by atoms with Gasteiger partial charge in [0.2, 0.25) is 0 Å². The smallest absolute Gasteiger partial charge is 0.118 e. The first kappa shape index (κ1) is 13.4. The Morgan fingerprint density at radius 2 is 1.95 bits per heavy atom. The minimum Gasteiger partial charge on any atom is -0.497 e. The summed E-state index contributed by atoms with van der Waals surface area (Å²) in [6.45, 7) is 1.29. The van der Waals surface area contributed by atoms with Gasteiger partial charge in [0.1, 0.15) is 5.75 Å². The lowest BCUT2D eigenvalue weighted by atomic mass is 10.2. The Balaban J connectivity index is 2.08. The number of pyridine rings is 1. The lowest BCUT2D eigenvalue weighted by Crippen LogP contribution is -2.17. The van der Waals surface area contributed by atoms with Crippen molar-refractivity contribution in [3.8, 4) is 5.75 Å². The molecular weight excluding hydrogens is 238 g/mol. The van der Waals surface area contributed by atoms with E-state index in [4.69, 9.17) is 10.5 Å². The quantitative estimate of drug-likeness (QED) is 0.892. The summed E-state index contributed by atoms with van der Waals surface area (Å²) in [4.78, 5) is 6.37. The van der Waals surface area contributed by atoms with E-state index in [0.29, 0.717) is 6.54 Å². The minimum atomic E-state index is 0.463. The molecule has 1 aromatic carbocycles. The van der Waals surface area contributed by atoms with Gasteiger partial charge in [-0.15, -0.1) is 0 Å². The van der Waals surface area contributed by atoms with Gasteiger partial charge in [0.25, 0.3) is 0 Å². The number of nitrogens with zero attached hydrogens (tertiary/aromatic N) is 2. The van der Waals surface area contributed by atoms with Gasteiger partial charge < -0.3 is 15.4 Å². The van der Waals surface area contributed by atoms with Gasteiger partial charge in [-0.1, -0.05) is 12.1 Å². The largest absolute Gasteiger partial charge is 0.497 e. The molecular formula is C15H19N3O. The molecule has 19 heavy (non-hydrogen) atoms. The standard InChI is InChI=1S/C15H19N3O/c1-18(14-7-8-17-13(9-14)10-16)11-12-3-5-15(19-2)6-4-12/h3-9H,10-11,16H2,1-2H3. The molecule has 0 spiro atoms. The number of methoxy groups -OCH3 is 1. The van der Waals surface area contributed by atoms with Crippen LogP contribution >= 0.6 is 0 Å². The van der Waals surface area contributed by atoms with Crippen LogP contribution in [0.3, 0.4) is 0 Å². The first-order valence-corrected chi connectivity index (χ1v) is 6.22. The molecule has 0 aliphatic carbocycles. The van der Waals surface area contributed by atoms with Crippen LogP contribution in [0, 0.1) is 0 Å². The third kappa shape index (κ3) is 3.45. The number of anilines is 1. The maximum absolute atomic E-state index is 5.61. The van der Waals surface area contributed by atoms with E-state index in [-0.39, 0.29) is 0 Å². The van der Waals surface area contributed by atoms with E-state index < -0.39 is 0 Å². The Kier molecular flexibility index (Phi) is 4.36. The Bertz CT molecular complexity index is 525. The summed E-state index contributed by atoms with van der Waals surface area (Å²) < 4.78 is 5.15. The second-order valence-electron chi connectivity index (χ2n) is 4.41. The van der Waals surface area contributed by atoms with E-state index in [9.17, 15) is 0 Å². The molecule has 0 aliphatic rings. The summed E-state index contributed by atoms with van der Waals surface area (Å²) in [6, 6.07) is 12.1. The molecule has 2 rings (SSSR count). The van der Waals surface area contributed by atoms with Crippen LogP contribution in [0.2, 0.25) is 0 Å². The maximum atomic E-state index is 5.61. The molecule has 1 aromatic heterocycles. The average molecular weight is 257 g/mol. The molecule has 0 unspecified atom stereocenters. The Hall–Kier alpha value is -2.07. The van der Waals surface area contributed by atoms with Crippen LogP contribution in [0.5, 0.6) is 5.75 Å². The van der Waals surface area contributed by atoms with E-state index in [0.717, 1.165) is 23.7 Å². The molecule has 0 aliphatic heterocycles. The van der Waals surface area contributed by atoms with Crippen molar-refractivity contribution in [2.45, 2.75) is 13.1 Å². The average Bonchev–Trinajstić information content (AvgIpc) is 2.48. The zero-order valence-electron chi connectivity index (χ0n) is 11.3.